The standard InChI is InChI=1S/C51H50N4O6S2/c1-5-54(34-38-14-12-18-45(32-38)62(56,57)58)43-26-28-47(36(3)30-43)51(40-22-24-42(25-23-40)53-50-21-11-10-20-49(50)52-41-16-8-7-9-17-41)48-29-27-44(31-37(48)4)55(6-2)35-39-15-13-19-46(33-39)63(59,60)61/h7-33,52H,5-6,34-35H2,1-4H3,(H2,56,57,58,59,60,61)/p+1. The van der Waals surface area contributed by atoms with Crippen molar-refractivity contribution in [1.82, 2.24) is 0 Å². The summed E-state index contributed by atoms with van der Waals surface area (Å²) in [5.41, 5.74) is 13.5. The van der Waals surface area contributed by atoms with E-state index in [1.54, 1.807) is 12.1 Å². The molecule has 0 unspecified atom stereocenters. The van der Waals surface area contributed by atoms with Crippen molar-refractivity contribution in [2.75, 3.05) is 28.6 Å². The van der Waals surface area contributed by atoms with Crippen LogP contribution in [0.4, 0.5) is 28.4 Å². The predicted octanol–water partition coefficient (Wildman–Crippen LogP) is 11.0. The molecule has 0 saturated carbocycles. The first-order chi connectivity index (χ1) is 30.2. The van der Waals surface area contributed by atoms with Gasteiger partial charge in [0, 0.05) is 47.9 Å². The Labute approximate surface area is 370 Å². The van der Waals surface area contributed by atoms with Crippen molar-refractivity contribution in [3.05, 3.63) is 203 Å². The normalized spacial score (nSPS) is 14.5. The van der Waals surface area contributed by atoms with Gasteiger partial charge in [0.05, 0.1) is 21.2 Å². The van der Waals surface area contributed by atoms with Gasteiger partial charge in [0.15, 0.2) is 12.3 Å². The maximum Gasteiger partial charge on any atom is 0.294 e. The summed E-state index contributed by atoms with van der Waals surface area (Å²) in [4.78, 5) is 1.90. The third-order valence-corrected chi connectivity index (χ3v) is 12.7. The Morgan fingerprint density at radius 3 is 1.79 bits per heavy atom. The van der Waals surface area contributed by atoms with Crippen LogP contribution in [0.2, 0.25) is 0 Å². The zero-order valence-electron chi connectivity index (χ0n) is 35.7. The summed E-state index contributed by atoms with van der Waals surface area (Å²) in [7, 11) is -8.66. The van der Waals surface area contributed by atoms with Crippen LogP contribution in [0, 0.1) is 6.92 Å². The van der Waals surface area contributed by atoms with E-state index in [4.69, 9.17) is 0 Å². The first-order valence-corrected chi connectivity index (χ1v) is 23.6. The fraction of sp³-hybridized carbons (Fsp3) is 0.157. The lowest BCUT2D eigenvalue weighted by atomic mass is 9.85. The summed E-state index contributed by atoms with van der Waals surface area (Å²) in [5, 5.41) is 7.11. The molecule has 0 aromatic heterocycles. The van der Waals surface area contributed by atoms with Crippen molar-refractivity contribution in [2.24, 2.45) is 0 Å². The minimum Gasteiger partial charge on any atom is -0.367 e. The first kappa shape index (κ1) is 44.5. The van der Waals surface area contributed by atoms with Crippen molar-refractivity contribution < 1.29 is 30.5 Å². The van der Waals surface area contributed by atoms with Gasteiger partial charge < -0.3 is 15.5 Å². The number of hydrogen-bond acceptors (Lipinski definition) is 7. The summed E-state index contributed by atoms with van der Waals surface area (Å²) < 4.78 is 69.0. The highest BCUT2D eigenvalue weighted by molar-refractivity contribution is 7.86. The fourth-order valence-electron chi connectivity index (χ4n) is 7.78. The van der Waals surface area contributed by atoms with Gasteiger partial charge >= 0.3 is 0 Å². The van der Waals surface area contributed by atoms with Crippen molar-refractivity contribution in [3.63, 3.8) is 0 Å². The average molecular weight is 880 g/mol. The van der Waals surface area contributed by atoms with Crippen molar-refractivity contribution in [1.29, 1.82) is 0 Å². The summed E-state index contributed by atoms with van der Waals surface area (Å²) in [6, 6.07) is 45.7. The van der Waals surface area contributed by atoms with E-state index in [1.807, 2.05) is 66.7 Å². The highest BCUT2D eigenvalue weighted by Crippen LogP contribution is 2.37. The molecule has 0 atom stereocenters. The van der Waals surface area contributed by atoms with Crippen LogP contribution in [-0.4, -0.2) is 49.3 Å². The Morgan fingerprint density at radius 2 is 1.22 bits per heavy atom. The molecule has 10 nitrogen and oxygen atoms in total. The largest absolute Gasteiger partial charge is 0.367 e. The van der Waals surface area contributed by atoms with Gasteiger partial charge in [-0.25, -0.2) is 4.58 Å². The Morgan fingerprint density at radius 1 is 0.635 bits per heavy atom. The predicted molar refractivity (Wildman–Crippen MR) is 255 cm³/mol. The number of aryl methyl sites for hydroxylation is 1. The summed E-state index contributed by atoms with van der Waals surface area (Å²) in [5.74, 6) is 0. The van der Waals surface area contributed by atoms with Gasteiger partial charge in [-0.15, -0.1) is 0 Å². The van der Waals surface area contributed by atoms with E-state index in [0.29, 0.717) is 26.2 Å². The van der Waals surface area contributed by atoms with Crippen LogP contribution in [0.25, 0.3) is 5.57 Å². The van der Waals surface area contributed by atoms with Gasteiger partial charge in [-0.1, -0.05) is 72.8 Å². The van der Waals surface area contributed by atoms with Crippen molar-refractivity contribution in [2.45, 2.75) is 50.6 Å². The Bertz CT molecular complexity index is 3000. The van der Waals surface area contributed by atoms with Crippen LogP contribution in [-0.2, 0) is 33.3 Å². The molecule has 7 rings (SSSR count). The molecule has 63 heavy (non-hydrogen) atoms. The molecule has 0 heterocycles. The number of nitrogens with zero attached hydrogens (tertiary/aromatic N) is 2. The Hall–Kier alpha value is -6.57. The van der Waals surface area contributed by atoms with Gasteiger partial charge in [0.2, 0.25) is 0 Å². The number of rotatable bonds is 15. The number of anilines is 5. The molecule has 0 aliphatic heterocycles. The number of allylic oxidation sites excluding steroid dienone is 5. The molecule has 0 spiro atoms. The van der Waals surface area contributed by atoms with Crippen LogP contribution >= 0.6 is 0 Å². The lowest BCUT2D eigenvalue weighted by molar-refractivity contribution is -0.539. The van der Waals surface area contributed by atoms with E-state index in [0.717, 1.165) is 78.7 Å². The fourth-order valence-corrected chi connectivity index (χ4v) is 8.88. The lowest BCUT2D eigenvalue weighted by Crippen LogP contribution is -2.22. The van der Waals surface area contributed by atoms with Crippen LogP contribution in [0.15, 0.2) is 185 Å². The highest BCUT2D eigenvalue weighted by Gasteiger charge is 2.22. The van der Waals surface area contributed by atoms with Gasteiger partial charge in [0.1, 0.15) is 6.54 Å². The molecule has 0 saturated heterocycles. The summed E-state index contributed by atoms with van der Waals surface area (Å²) in [6.07, 6.45) is 6.39. The molecule has 1 aliphatic carbocycles. The maximum atomic E-state index is 11.9. The molecular formula is C51H51N4O6S2+. The van der Waals surface area contributed by atoms with Gasteiger partial charge in [-0.3, -0.25) is 9.11 Å². The third-order valence-electron chi connectivity index (χ3n) is 11.0. The molecule has 6 aromatic carbocycles. The molecule has 322 valence electrons. The molecule has 12 heteroatoms. The highest BCUT2D eigenvalue weighted by atomic mass is 32.2. The Kier molecular flexibility index (Phi) is 13.6. The third kappa shape index (κ3) is 10.9. The van der Waals surface area contributed by atoms with E-state index < -0.39 is 20.2 Å². The van der Waals surface area contributed by atoms with Crippen LogP contribution in [0.1, 0.15) is 48.6 Å². The molecule has 0 amide bonds. The molecule has 0 radical (unpaired) electrons. The zero-order chi connectivity index (χ0) is 44.7. The zero-order valence-corrected chi connectivity index (χ0v) is 37.3. The summed E-state index contributed by atoms with van der Waals surface area (Å²) in [6.45, 7) is 10.5. The number of nitrogens with one attached hydrogen (secondary N) is 2. The van der Waals surface area contributed by atoms with E-state index in [-0.39, 0.29) is 9.79 Å². The van der Waals surface area contributed by atoms with E-state index in [9.17, 15) is 25.9 Å². The van der Waals surface area contributed by atoms with Crippen molar-refractivity contribution >= 4 is 60.0 Å². The second kappa shape index (κ2) is 19.2. The molecule has 1 aliphatic rings. The van der Waals surface area contributed by atoms with E-state index >= 15 is 0 Å². The minimum absolute atomic E-state index is 0.133. The second-order valence-corrected chi connectivity index (χ2v) is 18.2. The SMILES string of the molecule is CCN(Cc1cccc(S(=O)(=O)O)c1)c1ccc(C(=C2C=CC(=[N+](CC)Cc3cccc(S(=O)(=O)O)c3)C=C2C)c2ccc(Nc3ccccc3Nc3ccccc3)cc2)c(C)c1. The molecule has 6 aromatic rings. The smallest absolute Gasteiger partial charge is 0.294 e. The van der Waals surface area contributed by atoms with Crippen molar-refractivity contribution in [3.8, 4) is 0 Å². The minimum atomic E-state index is -4.33. The molecule has 0 fully saturated rings. The van der Waals surface area contributed by atoms with Gasteiger partial charge in [0.25, 0.3) is 20.2 Å². The Balaban J connectivity index is 1.26. The average Bonchev–Trinajstić information content (AvgIpc) is 3.27. The molecule has 4 N–H and O–H groups in total. The number of para-hydroxylation sites is 3. The molecular weight excluding hydrogens is 829 g/mol. The second-order valence-electron chi connectivity index (χ2n) is 15.4. The topological polar surface area (TPSA) is 139 Å². The maximum absolute atomic E-state index is 11.9. The van der Waals surface area contributed by atoms with Crippen LogP contribution < -0.4 is 15.5 Å². The summed E-state index contributed by atoms with van der Waals surface area (Å²) >= 11 is 0. The van der Waals surface area contributed by atoms with E-state index in [1.165, 1.54) is 24.3 Å². The number of benzene rings is 6. The number of hydrogen-bond donors (Lipinski definition) is 4. The first-order valence-electron chi connectivity index (χ1n) is 20.7. The van der Waals surface area contributed by atoms with Crippen LogP contribution in [0.3, 0.4) is 0 Å². The van der Waals surface area contributed by atoms with Gasteiger partial charge in [-0.05, 0) is 146 Å². The quantitative estimate of drug-likeness (QED) is 0.0586. The van der Waals surface area contributed by atoms with Crippen LogP contribution in [0.5, 0.6) is 0 Å². The van der Waals surface area contributed by atoms with E-state index in [2.05, 4.69) is 108 Å². The monoisotopic (exact) mass is 879 g/mol. The lowest BCUT2D eigenvalue weighted by Gasteiger charge is -2.25. The molecule has 0 bridgehead atoms. The van der Waals surface area contributed by atoms with Gasteiger partial charge in [-0.2, -0.15) is 16.8 Å².